The number of carbonyl (C=O) groups is 1. The number of benzene rings is 2. The first-order valence-electron chi connectivity index (χ1n) is 9.86. The first-order chi connectivity index (χ1) is 13.8. The summed E-state index contributed by atoms with van der Waals surface area (Å²) in [4.78, 5) is 30.3. The molecule has 29 heavy (non-hydrogen) atoms. The summed E-state index contributed by atoms with van der Waals surface area (Å²) < 4.78 is 1.66. The first kappa shape index (κ1) is 21.1. The summed E-state index contributed by atoms with van der Waals surface area (Å²) in [5, 5.41) is 3.70. The molecule has 1 atom stereocenters. The highest BCUT2D eigenvalue weighted by Gasteiger charge is 2.20. The Bertz CT molecular complexity index is 1070. The van der Waals surface area contributed by atoms with Crippen LogP contribution in [0.25, 0.3) is 10.9 Å². The van der Waals surface area contributed by atoms with Gasteiger partial charge in [0.05, 0.1) is 16.2 Å². The SMILES string of the molecule is CC(C)c1ccc(NC(=O)[C@H](C)Sc2nc3ccccc3c(=O)n2C(C)C)cc1. The Labute approximate surface area is 175 Å². The lowest BCUT2D eigenvalue weighted by Gasteiger charge is -2.18. The van der Waals surface area contributed by atoms with Crippen molar-refractivity contribution in [3.05, 3.63) is 64.4 Å². The Morgan fingerprint density at radius 3 is 2.28 bits per heavy atom. The van der Waals surface area contributed by atoms with Crippen molar-refractivity contribution in [2.45, 2.75) is 57.0 Å². The summed E-state index contributed by atoms with van der Waals surface area (Å²) in [5.41, 5.74) is 2.56. The third kappa shape index (κ3) is 4.70. The van der Waals surface area contributed by atoms with E-state index in [0.29, 0.717) is 22.0 Å². The topological polar surface area (TPSA) is 64.0 Å². The van der Waals surface area contributed by atoms with E-state index in [-0.39, 0.29) is 17.5 Å². The van der Waals surface area contributed by atoms with Crippen molar-refractivity contribution in [2.24, 2.45) is 0 Å². The lowest BCUT2D eigenvalue weighted by Crippen LogP contribution is -2.28. The van der Waals surface area contributed by atoms with E-state index >= 15 is 0 Å². The van der Waals surface area contributed by atoms with E-state index in [2.05, 4.69) is 24.1 Å². The Balaban J connectivity index is 1.83. The van der Waals surface area contributed by atoms with Crippen LogP contribution in [0, 0.1) is 0 Å². The normalized spacial score (nSPS) is 12.5. The zero-order chi connectivity index (χ0) is 21.1. The van der Waals surface area contributed by atoms with Gasteiger partial charge in [0, 0.05) is 11.7 Å². The number of para-hydroxylation sites is 1. The largest absolute Gasteiger partial charge is 0.325 e. The molecule has 0 saturated heterocycles. The average molecular weight is 410 g/mol. The van der Waals surface area contributed by atoms with Gasteiger partial charge in [0.25, 0.3) is 5.56 Å². The third-order valence-corrected chi connectivity index (χ3v) is 5.85. The van der Waals surface area contributed by atoms with Crippen LogP contribution in [0.3, 0.4) is 0 Å². The Morgan fingerprint density at radius 1 is 1.00 bits per heavy atom. The van der Waals surface area contributed by atoms with Gasteiger partial charge < -0.3 is 5.32 Å². The number of hydrogen-bond acceptors (Lipinski definition) is 4. The van der Waals surface area contributed by atoms with Crippen LogP contribution >= 0.6 is 11.8 Å². The van der Waals surface area contributed by atoms with Crippen LogP contribution < -0.4 is 10.9 Å². The molecule has 152 valence electrons. The quantitative estimate of drug-likeness (QED) is 0.448. The fraction of sp³-hybridized carbons (Fsp3) is 0.348. The van der Waals surface area contributed by atoms with Gasteiger partial charge in [-0.1, -0.05) is 49.9 Å². The molecule has 0 aliphatic rings. The van der Waals surface area contributed by atoms with Crippen molar-refractivity contribution >= 4 is 34.3 Å². The van der Waals surface area contributed by atoms with Crippen molar-refractivity contribution in [3.8, 4) is 0 Å². The monoisotopic (exact) mass is 409 g/mol. The maximum atomic E-state index is 12.9. The van der Waals surface area contributed by atoms with E-state index in [0.717, 1.165) is 5.69 Å². The fourth-order valence-electron chi connectivity index (χ4n) is 3.07. The van der Waals surface area contributed by atoms with Crippen LogP contribution in [0.5, 0.6) is 0 Å². The van der Waals surface area contributed by atoms with Gasteiger partial charge in [0.15, 0.2) is 5.16 Å². The summed E-state index contributed by atoms with van der Waals surface area (Å²) in [6, 6.07) is 15.1. The Kier molecular flexibility index (Phi) is 6.42. The molecule has 0 spiro atoms. The zero-order valence-corrected chi connectivity index (χ0v) is 18.3. The minimum absolute atomic E-state index is 0.0547. The molecule has 0 bridgehead atoms. The second kappa shape index (κ2) is 8.82. The van der Waals surface area contributed by atoms with Gasteiger partial charge in [-0.05, 0) is 56.5 Å². The van der Waals surface area contributed by atoms with E-state index in [1.54, 1.807) is 10.6 Å². The number of anilines is 1. The van der Waals surface area contributed by atoms with Crippen molar-refractivity contribution in [1.82, 2.24) is 9.55 Å². The predicted molar refractivity (Wildman–Crippen MR) is 121 cm³/mol. The summed E-state index contributed by atoms with van der Waals surface area (Å²) in [6.45, 7) is 9.99. The molecule has 0 aliphatic carbocycles. The van der Waals surface area contributed by atoms with E-state index in [4.69, 9.17) is 0 Å². The molecule has 0 radical (unpaired) electrons. The smallest absolute Gasteiger partial charge is 0.262 e. The van der Waals surface area contributed by atoms with Gasteiger partial charge in [0.2, 0.25) is 5.91 Å². The number of carbonyl (C=O) groups excluding carboxylic acids is 1. The first-order valence-corrected chi connectivity index (χ1v) is 10.7. The molecule has 0 unspecified atom stereocenters. The van der Waals surface area contributed by atoms with Gasteiger partial charge in [-0.15, -0.1) is 0 Å². The molecular weight excluding hydrogens is 382 g/mol. The summed E-state index contributed by atoms with van der Waals surface area (Å²) in [7, 11) is 0. The second-order valence-electron chi connectivity index (χ2n) is 7.71. The van der Waals surface area contributed by atoms with Crippen molar-refractivity contribution < 1.29 is 4.79 Å². The maximum absolute atomic E-state index is 12.9. The number of rotatable bonds is 6. The van der Waals surface area contributed by atoms with Crippen LogP contribution in [0.2, 0.25) is 0 Å². The molecule has 5 nitrogen and oxygen atoms in total. The lowest BCUT2D eigenvalue weighted by molar-refractivity contribution is -0.115. The Hall–Kier alpha value is -2.60. The van der Waals surface area contributed by atoms with E-state index in [1.165, 1.54) is 17.3 Å². The fourth-order valence-corrected chi connectivity index (χ4v) is 4.11. The zero-order valence-electron chi connectivity index (χ0n) is 17.5. The van der Waals surface area contributed by atoms with E-state index < -0.39 is 5.25 Å². The number of aromatic nitrogens is 2. The van der Waals surface area contributed by atoms with Gasteiger partial charge >= 0.3 is 0 Å². The molecule has 1 heterocycles. The summed E-state index contributed by atoms with van der Waals surface area (Å²) in [5.74, 6) is 0.325. The number of thioether (sulfide) groups is 1. The van der Waals surface area contributed by atoms with Crippen molar-refractivity contribution in [3.63, 3.8) is 0 Å². The van der Waals surface area contributed by atoms with Crippen LogP contribution in [0.15, 0.2) is 58.5 Å². The standard InChI is InChI=1S/C23H27N3O2S/c1-14(2)17-10-12-18(13-11-17)24-21(27)16(5)29-23-25-20-9-7-6-8-19(20)22(28)26(23)15(3)4/h6-16H,1-5H3,(H,24,27)/t16-/m0/s1. The lowest BCUT2D eigenvalue weighted by atomic mass is 10.0. The molecule has 6 heteroatoms. The number of amides is 1. The van der Waals surface area contributed by atoms with Gasteiger partial charge in [-0.25, -0.2) is 4.98 Å². The highest BCUT2D eigenvalue weighted by atomic mass is 32.2. The third-order valence-electron chi connectivity index (χ3n) is 4.79. The van der Waals surface area contributed by atoms with Gasteiger partial charge in [0.1, 0.15) is 0 Å². The van der Waals surface area contributed by atoms with Gasteiger partial charge in [-0.3, -0.25) is 14.2 Å². The molecule has 0 saturated carbocycles. The van der Waals surface area contributed by atoms with E-state index in [9.17, 15) is 9.59 Å². The molecule has 2 aromatic carbocycles. The molecule has 1 aromatic heterocycles. The summed E-state index contributed by atoms with van der Waals surface area (Å²) in [6.07, 6.45) is 0. The molecular formula is C23H27N3O2S. The molecule has 3 rings (SSSR count). The van der Waals surface area contributed by atoms with Crippen LogP contribution in [-0.4, -0.2) is 20.7 Å². The molecule has 3 aromatic rings. The minimum atomic E-state index is -0.405. The number of fused-ring (bicyclic) bond motifs is 1. The number of nitrogens with one attached hydrogen (secondary N) is 1. The molecule has 0 aliphatic heterocycles. The number of nitrogens with zero attached hydrogens (tertiary/aromatic N) is 2. The van der Waals surface area contributed by atoms with Crippen molar-refractivity contribution in [1.29, 1.82) is 0 Å². The molecule has 0 fully saturated rings. The highest BCUT2D eigenvalue weighted by molar-refractivity contribution is 8.00. The van der Waals surface area contributed by atoms with Crippen molar-refractivity contribution in [2.75, 3.05) is 5.32 Å². The van der Waals surface area contributed by atoms with Crippen LogP contribution in [0.1, 0.15) is 52.1 Å². The average Bonchev–Trinajstić information content (AvgIpc) is 2.68. The Morgan fingerprint density at radius 2 is 1.66 bits per heavy atom. The highest BCUT2D eigenvalue weighted by Crippen LogP contribution is 2.26. The van der Waals surface area contributed by atoms with Gasteiger partial charge in [-0.2, -0.15) is 0 Å². The minimum Gasteiger partial charge on any atom is -0.325 e. The van der Waals surface area contributed by atoms with Crippen LogP contribution in [-0.2, 0) is 4.79 Å². The molecule has 1 N–H and O–H groups in total. The number of hydrogen-bond donors (Lipinski definition) is 1. The maximum Gasteiger partial charge on any atom is 0.262 e. The van der Waals surface area contributed by atoms with Crippen LogP contribution in [0.4, 0.5) is 5.69 Å². The second-order valence-corrected chi connectivity index (χ2v) is 9.01. The predicted octanol–water partition coefficient (Wildman–Crippen LogP) is 5.22. The van der Waals surface area contributed by atoms with E-state index in [1.807, 2.05) is 63.2 Å². The molecule has 1 amide bonds. The summed E-state index contributed by atoms with van der Waals surface area (Å²) >= 11 is 1.30.